The second-order valence-corrected chi connectivity index (χ2v) is 5.29. The van der Waals surface area contributed by atoms with Gasteiger partial charge in [-0.3, -0.25) is 4.90 Å². The van der Waals surface area contributed by atoms with Gasteiger partial charge in [0.25, 0.3) is 0 Å². The molecule has 1 amide bonds. The van der Waals surface area contributed by atoms with Crippen molar-refractivity contribution in [3.8, 4) is 0 Å². The Morgan fingerprint density at radius 2 is 1.88 bits per heavy atom. The number of carboxylic acids is 1. The molecule has 0 aliphatic rings. The maximum Gasteiger partial charge on any atom is 0.408 e. The average Bonchev–Trinajstić information content (AvgIpc) is 2.20. The lowest BCUT2D eigenvalue weighted by Crippen LogP contribution is -2.45. The van der Waals surface area contributed by atoms with Gasteiger partial charge in [0.05, 0.1) is 0 Å². The van der Waals surface area contributed by atoms with Gasteiger partial charge < -0.3 is 10.2 Å². The third-order valence-corrected chi connectivity index (χ3v) is 3.05. The number of nitrogens with zero attached hydrogens (tertiary/aromatic N) is 1. The quantitative estimate of drug-likeness (QED) is 0.656. The molecule has 0 fully saturated rings. The first-order valence-electron chi connectivity index (χ1n) is 5.61. The fraction of sp³-hybridized carbons (Fsp3) is 0.818. The Balaban J connectivity index is 4.59. The van der Waals surface area contributed by atoms with E-state index in [9.17, 15) is 9.59 Å². The van der Waals surface area contributed by atoms with Crippen molar-refractivity contribution in [3.63, 3.8) is 0 Å². The van der Waals surface area contributed by atoms with Crippen molar-refractivity contribution in [3.05, 3.63) is 0 Å². The summed E-state index contributed by atoms with van der Waals surface area (Å²) in [6, 6.07) is -0.936. The Morgan fingerprint density at radius 3 is 2.24 bits per heavy atom. The number of carboxylic acid groups (broad SMARTS) is 2. The average molecular weight is 263 g/mol. The molecule has 1 atom stereocenters. The smallest absolute Gasteiger partial charge is 0.408 e. The van der Waals surface area contributed by atoms with Crippen LogP contribution in [-0.4, -0.2) is 51.8 Å². The summed E-state index contributed by atoms with van der Waals surface area (Å²) in [5.41, 5.74) is 0. The second-order valence-electron chi connectivity index (χ2n) is 4.31. The molecule has 6 heteroatoms. The van der Waals surface area contributed by atoms with Crippen LogP contribution in [0.5, 0.6) is 0 Å². The molecular formula is C11H21NO4S. The van der Waals surface area contributed by atoms with E-state index in [0.717, 1.165) is 10.7 Å². The predicted molar refractivity (Wildman–Crippen MR) is 68.6 cm³/mol. The van der Waals surface area contributed by atoms with E-state index in [-0.39, 0.29) is 12.5 Å². The highest BCUT2D eigenvalue weighted by Gasteiger charge is 2.29. The summed E-state index contributed by atoms with van der Waals surface area (Å²) in [7, 11) is 0. The number of thioether (sulfide) groups is 1. The molecule has 0 aromatic rings. The van der Waals surface area contributed by atoms with Gasteiger partial charge in [-0.15, -0.1) is 0 Å². The summed E-state index contributed by atoms with van der Waals surface area (Å²) >= 11 is 1.62. The van der Waals surface area contributed by atoms with Crippen molar-refractivity contribution in [2.45, 2.75) is 32.7 Å². The topological polar surface area (TPSA) is 77.8 Å². The molecule has 17 heavy (non-hydrogen) atoms. The zero-order valence-electron chi connectivity index (χ0n) is 10.5. The van der Waals surface area contributed by atoms with Crippen LogP contribution in [0.15, 0.2) is 0 Å². The first kappa shape index (κ1) is 16.1. The molecule has 0 spiro atoms. The van der Waals surface area contributed by atoms with Crippen LogP contribution in [0.3, 0.4) is 0 Å². The zero-order chi connectivity index (χ0) is 13.4. The largest absolute Gasteiger partial charge is 0.480 e. The van der Waals surface area contributed by atoms with Gasteiger partial charge in [0.1, 0.15) is 6.04 Å². The fourth-order valence-electron chi connectivity index (χ4n) is 1.57. The number of hydrogen-bond acceptors (Lipinski definition) is 3. The first-order valence-corrected chi connectivity index (χ1v) is 7.00. The summed E-state index contributed by atoms with van der Waals surface area (Å²) in [5.74, 6) is -0.0820. The number of rotatable bonds is 8. The number of carbonyl (C=O) groups is 2. The van der Waals surface area contributed by atoms with Gasteiger partial charge in [0, 0.05) is 6.54 Å². The zero-order valence-corrected chi connectivity index (χ0v) is 11.4. The minimum atomic E-state index is -1.15. The molecule has 100 valence electrons. The monoisotopic (exact) mass is 263 g/mol. The van der Waals surface area contributed by atoms with Crippen LogP contribution in [0.2, 0.25) is 0 Å². The molecular weight excluding hydrogens is 242 g/mol. The summed E-state index contributed by atoms with van der Waals surface area (Å²) in [6.45, 7) is 4.05. The highest BCUT2D eigenvalue weighted by Crippen LogP contribution is 2.13. The maximum atomic E-state index is 11.1. The van der Waals surface area contributed by atoms with Crippen LogP contribution in [-0.2, 0) is 4.79 Å². The van der Waals surface area contributed by atoms with Crippen molar-refractivity contribution in [2.24, 2.45) is 5.92 Å². The Morgan fingerprint density at radius 1 is 1.29 bits per heavy atom. The molecule has 0 aromatic carbocycles. The van der Waals surface area contributed by atoms with Gasteiger partial charge in [0.15, 0.2) is 0 Å². The minimum absolute atomic E-state index is 0.151. The summed E-state index contributed by atoms with van der Waals surface area (Å²) in [4.78, 5) is 23.2. The molecule has 0 heterocycles. The van der Waals surface area contributed by atoms with Crippen molar-refractivity contribution >= 4 is 23.8 Å². The van der Waals surface area contributed by atoms with E-state index in [2.05, 4.69) is 0 Å². The molecule has 0 aromatic heterocycles. The number of hydrogen-bond donors (Lipinski definition) is 2. The molecule has 0 saturated carbocycles. The fourth-order valence-corrected chi connectivity index (χ4v) is 1.99. The highest BCUT2D eigenvalue weighted by atomic mass is 32.2. The van der Waals surface area contributed by atoms with Crippen LogP contribution in [0.4, 0.5) is 4.79 Å². The van der Waals surface area contributed by atoms with Crippen LogP contribution >= 0.6 is 11.8 Å². The van der Waals surface area contributed by atoms with Gasteiger partial charge in [-0.25, -0.2) is 9.59 Å². The Labute approximate surface area is 106 Å². The molecule has 0 aliphatic carbocycles. The van der Waals surface area contributed by atoms with Crippen molar-refractivity contribution in [2.75, 3.05) is 18.6 Å². The van der Waals surface area contributed by atoms with Gasteiger partial charge in [0.2, 0.25) is 0 Å². The second kappa shape index (κ2) is 8.22. The lowest BCUT2D eigenvalue weighted by Gasteiger charge is -2.27. The number of aliphatic carboxylic acids is 1. The van der Waals surface area contributed by atoms with E-state index in [1.807, 2.05) is 20.1 Å². The summed E-state index contributed by atoms with van der Waals surface area (Å²) in [6.07, 6.45) is 1.81. The molecule has 2 N–H and O–H groups in total. The van der Waals surface area contributed by atoms with E-state index < -0.39 is 18.1 Å². The Hall–Kier alpha value is -0.910. The molecule has 0 rings (SSSR count). The SMILES string of the molecule is CSCCCN(C(=O)O)C(CC(C)C)C(=O)O. The van der Waals surface area contributed by atoms with Crippen LogP contribution in [0.25, 0.3) is 0 Å². The maximum absolute atomic E-state index is 11.1. The lowest BCUT2D eigenvalue weighted by atomic mass is 10.0. The van der Waals surface area contributed by atoms with Crippen molar-refractivity contribution < 1.29 is 19.8 Å². The van der Waals surface area contributed by atoms with Crippen LogP contribution in [0.1, 0.15) is 26.7 Å². The molecule has 0 saturated heterocycles. The minimum Gasteiger partial charge on any atom is -0.480 e. The highest BCUT2D eigenvalue weighted by molar-refractivity contribution is 7.98. The molecule has 0 bridgehead atoms. The van der Waals surface area contributed by atoms with Crippen LogP contribution < -0.4 is 0 Å². The molecule has 5 nitrogen and oxygen atoms in total. The molecule has 0 aliphatic heterocycles. The van der Waals surface area contributed by atoms with Crippen molar-refractivity contribution in [1.29, 1.82) is 0 Å². The Kier molecular flexibility index (Phi) is 7.78. The van der Waals surface area contributed by atoms with Crippen molar-refractivity contribution in [1.82, 2.24) is 4.90 Å². The van der Waals surface area contributed by atoms with E-state index >= 15 is 0 Å². The summed E-state index contributed by atoms with van der Waals surface area (Å²) in [5, 5.41) is 18.1. The lowest BCUT2D eigenvalue weighted by molar-refractivity contribution is -0.143. The van der Waals surface area contributed by atoms with E-state index in [1.165, 1.54) is 0 Å². The third kappa shape index (κ3) is 6.41. The first-order chi connectivity index (χ1) is 7.90. The molecule has 0 radical (unpaired) electrons. The standard InChI is InChI=1S/C11H21NO4S/c1-8(2)7-9(10(13)14)12(11(15)16)5-4-6-17-3/h8-9H,4-7H2,1-3H3,(H,13,14)(H,15,16). The van der Waals surface area contributed by atoms with E-state index in [1.54, 1.807) is 11.8 Å². The van der Waals surface area contributed by atoms with Gasteiger partial charge in [-0.1, -0.05) is 13.8 Å². The summed E-state index contributed by atoms with van der Waals surface area (Å²) < 4.78 is 0. The van der Waals surface area contributed by atoms with Gasteiger partial charge >= 0.3 is 12.1 Å². The normalized spacial score (nSPS) is 12.5. The predicted octanol–water partition coefficient (Wildman–Crippen LogP) is 2.22. The van der Waals surface area contributed by atoms with Gasteiger partial charge in [-0.05, 0) is 30.8 Å². The van der Waals surface area contributed by atoms with Gasteiger partial charge in [-0.2, -0.15) is 11.8 Å². The third-order valence-electron chi connectivity index (χ3n) is 2.35. The number of amides is 1. The van der Waals surface area contributed by atoms with E-state index in [0.29, 0.717) is 12.8 Å². The van der Waals surface area contributed by atoms with E-state index in [4.69, 9.17) is 10.2 Å². The molecule has 1 unspecified atom stereocenters. The Bertz CT molecular complexity index is 258. The van der Waals surface area contributed by atoms with Crippen LogP contribution in [0, 0.1) is 5.92 Å².